The number of pyridine rings is 1. The topological polar surface area (TPSA) is 112 Å². The summed E-state index contributed by atoms with van der Waals surface area (Å²) in [6.07, 6.45) is -2.80. The van der Waals surface area contributed by atoms with E-state index in [1.165, 1.54) is 24.3 Å². The lowest BCUT2D eigenvalue weighted by atomic mass is 9.87. The molecule has 3 aromatic heterocycles. The van der Waals surface area contributed by atoms with Gasteiger partial charge in [-0.2, -0.15) is 0 Å². The van der Waals surface area contributed by atoms with Crippen molar-refractivity contribution in [3.63, 3.8) is 0 Å². The Morgan fingerprint density at radius 3 is 2.66 bits per heavy atom. The van der Waals surface area contributed by atoms with Gasteiger partial charge in [0.25, 0.3) is 6.43 Å². The summed E-state index contributed by atoms with van der Waals surface area (Å²) in [5.74, 6) is -1.99. The van der Waals surface area contributed by atoms with Crippen molar-refractivity contribution in [2.45, 2.75) is 39.3 Å². The summed E-state index contributed by atoms with van der Waals surface area (Å²) in [6, 6.07) is 11.1. The molecule has 1 aliphatic heterocycles. The van der Waals surface area contributed by atoms with Crippen LogP contribution in [0, 0.1) is 17.0 Å². The zero-order valence-electron chi connectivity index (χ0n) is 23.4. The van der Waals surface area contributed by atoms with E-state index in [0.717, 1.165) is 12.1 Å². The van der Waals surface area contributed by atoms with E-state index in [9.17, 15) is 18.7 Å². The van der Waals surface area contributed by atoms with Crippen molar-refractivity contribution in [3.8, 4) is 17.1 Å². The molecule has 14 heteroatoms. The fourth-order valence-electron chi connectivity index (χ4n) is 5.21. The molecular formula is C30H25F4N5O4S. The lowest BCUT2D eigenvalue weighted by Crippen LogP contribution is -2.27. The number of hydrogen-bond donors (Lipinski definition) is 1. The Labute approximate surface area is 252 Å². The molecule has 0 radical (unpaired) electrons. The molecule has 0 bridgehead atoms. The molecule has 1 aliphatic rings. The van der Waals surface area contributed by atoms with Crippen LogP contribution in [0.1, 0.15) is 58.1 Å². The molecule has 0 amide bonds. The number of carbonyl (C=O) groups is 1. The van der Waals surface area contributed by atoms with Crippen LogP contribution in [0.2, 0.25) is 0 Å². The highest BCUT2D eigenvalue weighted by Gasteiger charge is 2.39. The fraction of sp³-hybridized carbons (Fsp3) is 0.300. The molecule has 44 heavy (non-hydrogen) atoms. The third kappa shape index (κ3) is 5.74. The largest absolute Gasteiger partial charge is 0.478 e. The molecule has 0 spiro atoms. The van der Waals surface area contributed by atoms with Gasteiger partial charge in [-0.1, -0.05) is 31.3 Å². The van der Waals surface area contributed by atoms with Crippen LogP contribution in [-0.4, -0.2) is 49.0 Å². The molecule has 228 valence electrons. The average Bonchev–Trinajstić information content (AvgIpc) is 3.69. The number of carboxylic acid groups (broad SMARTS) is 1. The molecule has 1 N–H and O–H groups in total. The van der Waals surface area contributed by atoms with Crippen molar-refractivity contribution in [2.24, 2.45) is 5.41 Å². The number of ether oxygens (including phenoxy) is 2. The van der Waals surface area contributed by atoms with Crippen molar-refractivity contribution < 1.29 is 36.9 Å². The Balaban J connectivity index is 1.30. The summed E-state index contributed by atoms with van der Waals surface area (Å²) in [7, 11) is 0. The Morgan fingerprint density at radius 1 is 1.14 bits per heavy atom. The highest BCUT2D eigenvalue weighted by atomic mass is 32.1. The number of hydrogen-bond acceptors (Lipinski definition) is 8. The molecule has 1 fully saturated rings. The maximum atomic E-state index is 15.6. The molecule has 0 unspecified atom stereocenters. The maximum Gasteiger partial charge on any atom is 0.335 e. The first-order chi connectivity index (χ1) is 21.0. The van der Waals surface area contributed by atoms with E-state index in [1.54, 1.807) is 12.1 Å². The van der Waals surface area contributed by atoms with Gasteiger partial charge in [0.05, 0.1) is 41.5 Å². The van der Waals surface area contributed by atoms with Crippen LogP contribution in [0.25, 0.3) is 22.3 Å². The van der Waals surface area contributed by atoms with E-state index in [1.807, 2.05) is 18.4 Å². The van der Waals surface area contributed by atoms with Crippen molar-refractivity contribution in [3.05, 3.63) is 87.1 Å². The van der Waals surface area contributed by atoms with Crippen LogP contribution < -0.4 is 4.74 Å². The fourth-order valence-corrected chi connectivity index (χ4v) is 5.82. The van der Waals surface area contributed by atoms with E-state index in [4.69, 9.17) is 9.47 Å². The third-order valence-corrected chi connectivity index (χ3v) is 8.37. The number of rotatable bonds is 9. The minimum absolute atomic E-state index is 0.0523. The summed E-state index contributed by atoms with van der Waals surface area (Å²) in [5, 5.41) is 16.4. The van der Waals surface area contributed by atoms with Gasteiger partial charge in [0.15, 0.2) is 10.0 Å². The first-order valence-electron chi connectivity index (χ1n) is 13.5. The Kier molecular flexibility index (Phi) is 7.80. The van der Waals surface area contributed by atoms with E-state index < -0.39 is 29.0 Å². The molecule has 5 aromatic rings. The van der Waals surface area contributed by atoms with Gasteiger partial charge in [-0.3, -0.25) is 0 Å². The smallest absolute Gasteiger partial charge is 0.335 e. The van der Waals surface area contributed by atoms with Gasteiger partial charge in [0.2, 0.25) is 5.88 Å². The van der Waals surface area contributed by atoms with Gasteiger partial charge in [0, 0.05) is 23.5 Å². The molecule has 0 saturated carbocycles. The number of benzene rings is 2. The van der Waals surface area contributed by atoms with Gasteiger partial charge in [-0.25, -0.2) is 32.3 Å². The lowest BCUT2D eigenvalue weighted by Gasteiger charge is -2.28. The van der Waals surface area contributed by atoms with E-state index in [0.29, 0.717) is 41.4 Å². The van der Waals surface area contributed by atoms with Crippen molar-refractivity contribution >= 4 is 28.3 Å². The molecule has 0 aliphatic carbocycles. The minimum atomic E-state index is -2.74. The van der Waals surface area contributed by atoms with Crippen LogP contribution in [0.15, 0.2) is 48.5 Å². The molecule has 1 atom stereocenters. The number of carboxylic acids is 1. The van der Waals surface area contributed by atoms with Crippen LogP contribution in [-0.2, 0) is 17.8 Å². The lowest BCUT2D eigenvalue weighted by molar-refractivity contribution is 0.0697. The van der Waals surface area contributed by atoms with Crippen molar-refractivity contribution in [1.29, 1.82) is 0 Å². The van der Waals surface area contributed by atoms with Gasteiger partial charge >= 0.3 is 5.97 Å². The second-order valence-corrected chi connectivity index (χ2v) is 12.1. The zero-order valence-corrected chi connectivity index (χ0v) is 24.2. The van der Waals surface area contributed by atoms with Gasteiger partial charge < -0.3 is 19.1 Å². The SMILES string of the molecule is CC1(C)COC[C@H]1n1c(Cc2cc(F)c(-c3cccc(OCc4nnc(C(F)F)s4)n3)cc2F)nc2ccc(C(=O)O)cc21. The molecule has 4 heterocycles. The predicted molar refractivity (Wildman–Crippen MR) is 152 cm³/mol. The summed E-state index contributed by atoms with van der Waals surface area (Å²) in [4.78, 5) is 20.6. The zero-order chi connectivity index (χ0) is 31.2. The predicted octanol–water partition coefficient (Wildman–Crippen LogP) is 6.63. The Morgan fingerprint density at radius 2 is 1.95 bits per heavy atom. The molecule has 2 aromatic carbocycles. The number of aromatic carboxylic acids is 1. The van der Waals surface area contributed by atoms with E-state index in [-0.39, 0.29) is 57.8 Å². The number of fused-ring (bicyclic) bond motifs is 1. The first-order valence-corrected chi connectivity index (χ1v) is 14.3. The molecule has 1 saturated heterocycles. The maximum absolute atomic E-state index is 15.6. The standard InChI is InChI=1S/C30H25F4N5O4S/c1-30(2)14-42-12-23(30)39-22-9-15(29(40)41)6-7-21(22)35-24(39)10-16-8-19(32)17(11-18(16)31)20-4-3-5-25(36-20)43-13-26-37-38-28(44-26)27(33)34/h3-9,11,23,27H,10,12-14H2,1-2H3,(H,40,41)/t23-/m1/s1. The summed E-state index contributed by atoms with van der Waals surface area (Å²) in [6.45, 7) is 4.70. The highest BCUT2D eigenvalue weighted by molar-refractivity contribution is 7.11. The average molecular weight is 628 g/mol. The minimum Gasteiger partial charge on any atom is -0.478 e. The number of nitrogens with zero attached hydrogens (tertiary/aromatic N) is 5. The van der Waals surface area contributed by atoms with E-state index >= 15 is 8.78 Å². The van der Waals surface area contributed by atoms with Crippen LogP contribution >= 0.6 is 11.3 Å². The Bertz CT molecular complexity index is 1880. The molecule has 9 nitrogen and oxygen atoms in total. The number of aromatic nitrogens is 5. The van der Waals surface area contributed by atoms with Gasteiger partial charge in [-0.05, 0) is 42.0 Å². The second-order valence-electron chi connectivity index (χ2n) is 11.0. The molecule has 6 rings (SSSR count). The second kappa shape index (κ2) is 11.6. The van der Waals surface area contributed by atoms with Gasteiger partial charge in [-0.15, -0.1) is 10.2 Å². The monoisotopic (exact) mass is 627 g/mol. The van der Waals surface area contributed by atoms with Crippen LogP contribution in [0.5, 0.6) is 5.88 Å². The molecular weight excluding hydrogens is 602 g/mol. The van der Waals surface area contributed by atoms with Crippen LogP contribution in [0.4, 0.5) is 17.6 Å². The van der Waals surface area contributed by atoms with Crippen LogP contribution in [0.3, 0.4) is 0 Å². The van der Waals surface area contributed by atoms with Crippen molar-refractivity contribution in [2.75, 3.05) is 13.2 Å². The first kappa shape index (κ1) is 29.6. The third-order valence-electron chi connectivity index (χ3n) is 7.47. The normalized spacial score (nSPS) is 16.2. The summed E-state index contributed by atoms with van der Waals surface area (Å²) < 4.78 is 69.8. The van der Waals surface area contributed by atoms with Crippen molar-refractivity contribution in [1.82, 2.24) is 24.7 Å². The highest BCUT2D eigenvalue weighted by Crippen LogP contribution is 2.40. The number of alkyl halides is 2. The number of halogens is 4. The van der Waals surface area contributed by atoms with Gasteiger partial charge in [0.1, 0.15) is 24.1 Å². The summed E-state index contributed by atoms with van der Waals surface area (Å²) in [5.41, 5.74) is 0.924. The quantitative estimate of drug-likeness (QED) is 0.181. The van der Waals surface area contributed by atoms with E-state index in [2.05, 4.69) is 20.2 Å². The summed E-state index contributed by atoms with van der Waals surface area (Å²) >= 11 is 0.705. The Hall–Kier alpha value is -4.43. The number of imidazole rings is 1.